The Morgan fingerprint density at radius 2 is 2.09 bits per heavy atom. The van der Waals surface area contributed by atoms with Crippen molar-refractivity contribution in [2.24, 2.45) is 0 Å². The number of nitrogens with zero attached hydrogens (tertiary/aromatic N) is 1. The molecule has 6 nitrogen and oxygen atoms in total. The van der Waals surface area contributed by atoms with Gasteiger partial charge in [0.1, 0.15) is 0 Å². The van der Waals surface area contributed by atoms with Crippen molar-refractivity contribution in [1.29, 1.82) is 0 Å². The van der Waals surface area contributed by atoms with Gasteiger partial charge in [-0.15, -0.1) is 0 Å². The molecule has 2 aliphatic rings. The van der Waals surface area contributed by atoms with E-state index in [1.165, 1.54) is 12.0 Å². The molecular weight excluding hydrogens is 306 g/mol. The second-order valence-corrected chi connectivity index (χ2v) is 6.10. The van der Waals surface area contributed by atoms with E-state index in [0.717, 1.165) is 17.3 Å². The SMILES string of the molecule is COc1cc(C=C2SC(=O)N(C(C)C)C2=O)cc2c1OCO2. The maximum absolute atomic E-state index is 12.3. The van der Waals surface area contributed by atoms with Crippen LogP contribution in [0.15, 0.2) is 17.0 Å². The van der Waals surface area contributed by atoms with Gasteiger partial charge in [0.2, 0.25) is 12.5 Å². The van der Waals surface area contributed by atoms with Gasteiger partial charge in [0.05, 0.1) is 12.0 Å². The third-order valence-corrected chi connectivity index (χ3v) is 4.20. The molecule has 1 aromatic carbocycles. The van der Waals surface area contributed by atoms with Crippen LogP contribution in [0.4, 0.5) is 4.79 Å². The van der Waals surface area contributed by atoms with Gasteiger partial charge in [0.25, 0.3) is 11.1 Å². The van der Waals surface area contributed by atoms with Crippen molar-refractivity contribution in [3.63, 3.8) is 0 Å². The number of carbonyl (C=O) groups excluding carboxylic acids is 2. The van der Waals surface area contributed by atoms with E-state index in [1.54, 1.807) is 18.2 Å². The molecule has 1 fully saturated rings. The molecule has 0 aliphatic carbocycles. The van der Waals surface area contributed by atoms with Gasteiger partial charge in [0.15, 0.2) is 11.5 Å². The zero-order valence-electron chi connectivity index (χ0n) is 12.4. The number of hydrogen-bond acceptors (Lipinski definition) is 6. The molecular formula is C15H15NO5S. The summed E-state index contributed by atoms with van der Waals surface area (Å²) in [5, 5.41) is -0.251. The van der Waals surface area contributed by atoms with E-state index in [-0.39, 0.29) is 24.0 Å². The zero-order valence-corrected chi connectivity index (χ0v) is 13.2. The molecule has 0 bridgehead atoms. The van der Waals surface area contributed by atoms with Crippen LogP contribution in [0.2, 0.25) is 0 Å². The summed E-state index contributed by atoms with van der Waals surface area (Å²) in [5.74, 6) is 1.37. The summed E-state index contributed by atoms with van der Waals surface area (Å²) in [4.78, 5) is 25.8. The molecule has 2 aliphatic heterocycles. The predicted octanol–water partition coefficient (Wildman–Crippen LogP) is 2.87. The first-order valence-electron chi connectivity index (χ1n) is 6.76. The molecule has 7 heteroatoms. The number of fused-ring (bicyclic) bond motifs is 1. The average molecular weight is 321 g/mol. The normalized spacial score (nSPS) is 18.7. The Labute approximate surface area is 132 Å². The highest BCUT2D eigenvalue weighted by molar-refractivity contribution is 8.18. The van der Waals surface area contributed by atoms with E-state index in [9.17, 15) is 9.59 Å². The Kier molecular flexibility index (Phi) is 3.74. The van der Waals surface area contributed by atoms with E-state index in [2.05, 4.69) is 0 Å². The third kappa shape index (κ3) is 2.41. The van der Waals surface area contributed by atoms with Crippen LogP contribution in [0.3, 0.4) is 0 Å². The monoisotopic (exact) mass is 321 g/mol. The van der Waals surface area contributed by atoms with E-state index in [1.807, 2.05) is 13.8 Å². The van der Waals surface area contributed by atoms with Crippen molar-refractivity contribution in [3.8, 4) is 17.2 Å². The number of ether oxygens (including phenoxy) is 3. The molecule has 116 valence electrons. The molecule has 2 amide bonds. The number of amides is 2. The minimum atomic E-state index is -0.276. The largest absolute Gasteiger partial charge is 0.493 e. The van der Waals surface area contributed by atoms with Gasteiger partial charge >= 0.3 is 0 Å². The van der Waals surface area contributed by atoms with Gasteiger partial charge in [-0.05, 0) is 49.4 Å². The molecule has 0 spiro atoms. The van der Waals surface area contributed by atoms with Crippen LogP contribution in [0.1, 0.15) is 19.4 Å². The molecule has 0 saturated carbocycles. The van der Waals surface area contributed by atoms with Gasteiger partial charge in [0, 0.05) is 6.04 Å². The van der Waals surface area contributed by atoms with Gasteiger partial charge in [-0.25, -0.2) is 0 Å². The summed E-state index contributed by atoms with van der Waals surface area (Å²) in [5.41, 5.74) is 0.718. The van der Waals surface area contributed by atoms with Gasteiger partial charge in [-0.2, -0.15) is 0 Å². The number of thioether (sulfide) groups is 1. The summed E-state index contributed by atoms with van der Waals surface area (Å²) in [6.45, 7) is 3.75. The van der Waals surface area contributed by atoms with Gasteiger partial charge < -0.3 is 14.2 Å². The first-order chi connectivity index (χ1) is 10.5. The molecule has 2 heterocycles. The van der Waals surface area contributed by atoms with E-state index in [4.69, 9.17) is 14.2 Å². The molecule has 0 N–H and O–H groups in total. The fraction of sp³-hybridized carbons (Fsp3) is 0.333. The van der Waals surface area contributed by atoms with Crippen molar-refractivity contribution < 1.29 is 23.8 Å². The molecule has 0 atom stereocenters. The summed E-state index contributed by atoms with van der Waals surface area (Å²) < 4.78 is 15.9. The Morgan fingerprint density at radius 1 is 1.32 bits per heavy atom. The molecule has 0 aromatic heterocycles. The summed E-state index contributed by atoms with van der Waals surface area (Å²) >= 11 is 0.937. The third-order valence-electron chi connectivity index (χ3n) is 3.32. The molecule has 0 radical (unpaired) electrons. The van der Waals surface area contributed by atoms with Crippen LogP contribution in [0.25, 0.3) is 6.08 Å². The second-order valence-electron chi connectivity index (χ2n) is 5.10. The number of hydrogen-bond donors (Lipinski definition) is 0. The highest BCUT2D eigenvalue weighted by atomic mass is 32.2. The number of benzene rings is 1. The molecule has 1 aromatic rings. The van der Waals surface area contributed by atoms with Crippen molar-refractivity contribution in [3.05, 3.63) is 22.6 Å². The number of rotatable bonds is 3. The Balaban J connectivity index is 1.96. The van der Waals surface area contributed by atoms with Gasteiger partial charge in [-0.3, -0.25) is 14.5 Å². The fourth-order valence-corrected chi connectivity index (χ4v) is 3.27. The first-order valence-corrected chi connectivity index (χ1v) is 7.57. The lowest BCUT2D eigenvalue weighted by Gasteiger charge is -2.16. The Bertz CT molecular complexity index is 683. The molecule has 0 unspecified atom stereocenters. The lowest BCUT2D eigenvalue weighted by Crippen LogP contribution is -2.34. The molecule has 22 heavy (non-hydrogen) atoms. The minimum Gasteiger partial charge on any atom is -0.493 e. The second kappa shape index (κ2) is 5.57. The van der Waals surface area contributed by atoms with Crippen LogP contribution in [-0.4, -0.2) is 36.0 Å². The van der Waals surface area contributed by atoms with Crippen molar-refractivity contribution in [2.45, 2.75) is 19.9 Å². The standard InChI is InChI=1S/C15H15NO5S/c1-8(2)16-14(17)12(22-15(16)18)6-9-4-10(19-3)13-11(5-9)20-7-21-13/h4-6,8H,7H2,1-3H3. The van der Waals surface area contributed by atoms with Crippen LogP contribution in [0.5, 0.6) is 17.2 Å². The Morgan fingerprint density at radius 3 is 2.73 bits per heavy atom. The highest BCUT2D eigenvalue weighted by Gasteiger charge is 2.36. The highest BCUT2D eigenvalue weighted by Crippen LogP contribution is 2.43. The van der Waals surface area contributed by atoms with Crippen LogP contribution in [-0.2, 0) is 4.79 Å². The van der Waals surface area contributed by atoms with Crippen LogP contribution >= 0.6 is 11.8 Å². The number of carbonyl (C=O) groups is 2. The zero-order chi connectivity index (χ0) is 15.9. The summed E-state index contributed by atoms with van der Waals surface area (Å²) in [6, 6.07) is 3.34. The smallest absolute Gasteiger partial charge is 0.293 e. The van der Waals surface area contributed by atoms with Gasteiger partial charge in [-0.1, -0.05) is 0 Å². The lowest BCUT2D eigenvalue weighted by molar-refractivity contribution is -0.123. The minimum absolute atomic E-state index is 0.138. The van der Waals surface area contributed by atoms with Crippen molar-refractivity contribution in [2.75, 3.05) is 13.9 Å². The van der Waals surface area contributed by atoms with Crippen molar-refractivity contribution >= 4 is 29.0 Å². The number of imide groups is 1. The average Bonchev–Trinajstić information content (AvgIpc) is 3.03. The first kappa shape index (κ1) is 14.8. The van der Waals surface area contributed by atoms with Crippen LogP contribution < -0.4 is 14.2 Å². The van der Waals surface area contributed by atoms with E-state index >= 15 is 0 Å². The summed E-state index contributed by atoms with van der Waals surface area (Å²) in [7, 11) is 1.54. The summed E-state index contributed by atoms with van der Waals surface area (Å²) in [6.07, 6.45) is 1.66. The number of methoxy groups -OCH3 is 1. The van der Waals surface area contributed by atoms with Crippen LogP contribution in [0, 0.1) is 0 Å². The molecule has 1 saturated heterocycles. The van der Waals surface area contributed by atoms with E-state index in [0.29, 0.717) is 22.2 Å². The Hall–Kier alpha value is -2.15. The lowest BCUT2D eigenvalue weighted by atomic mass is 10.1. The quantitative estimate of drug-likeness (QED) is 0.798. The fourth-order valence-electron chi connectivity index (χ4n) is 2.31. The topological polar surface area (TPSA) is 65.1 Å². The maximum Gasteiger partial charge on any atom is 0.293 e. The molecule has 3 rings (SSSR count). The van der Waals surface area contributed by atoms with Crippen molar-refractivity contribution in [1.82, 2.24) is 4.90 Å². The predicted molar refractivity (Wildman–Crippen MR) is 82.1 cm³/mol. The van der Waals surface area contributed by atoms with E-state index < -0.39 is 0 Å². The maximum atomic E-state index is 12.3.